The second kappa shape index (κ2) is 4.44. The van der Waals surface area contributed by atoms with Crippen LogP contribution in [0.2, 0.25) is 5.02 Å². The van der Waals surface area contributed by atoms with Crippen molar-refractivity contribution in [1.82, 2.24) is 4.98 Å². The lowest BCUT2D eigenvalue weighted by Gasteiger charge is -2.12. The summed E-state index contributed by atoms with van der Waals surface area (Å²) in [6.45, 7) is 2.08. The van der Waals surface area contributed by atoms with E-state index in [0.29, 0.717) is 10.8 Å². The van der Waals surface area contributed by atoms with Gasteiger partial charge in [-0.2, -0.15) is 0 Å². The Bertz CT molecular complexity index is 288. The highest BCUT2D eigenvalue weighted by atomic mass is 35.5. The molecule has 0 aliphatic carbocycles. The first-order valence-electron chi connectivity index (χ1n) is 4.31. The van der Waals surface area contributed by atoms with Crippen molar-refractivity contribution in [1.29, 1.82) is 0 Å². The summed E-state index contributed by atoms with van der Waals surface area (Å²) in [6, 6.07) is 1.72. The topological polar surface area (TPSA) is 64.9 Å². The van der Waals surface area contributed by atoms with Gasteiger partial charge in [-0.1, -0.05) is 24.9 Å². The number of rotatable bonds is 3. The molecular formula is C9H14ClN3. The van der Waals surface area contributed by atoms with Crippen LogP contribution in [0.25, 0.3) is 0 Å². The second-order valence-corrected chi connectivity index (χ2v) is 3.46. The monoisotopic (exact) mass is 199 g/mol. The van der Waals surface area contributed by atoms with E-state index in [1.54, 1.807) is 6.07 Å². The van der Waals surface area contributed by atoms with Crippen LogP contribution < -0.4 is 11.5 Å². The Kier molecular flexibility index (Phi) is 3.51. The largest absolute Gasteiger partial charge is 0.383 e. The van der Waals surface area contributed by atoms with Gasteiger partial charge in [0.25, 0.3) is 0 Å². The first-order valence-corrected chi connectivity index (χ1v) is 4.69. The molecule has 72 valence electrons. The first kappa shape index (κ1) is 10.3. The molecule has 0 aliphatic rings. The highest BCUT2D eigenvalue weighted by molar-refractivity contribution is 6.30. The van der Waals surface area contributed by atoms with Gasteiger partial charge in [0.15, 0.2) is 0 Å². The lowest BCUT2D eigenvalue weighted by atomic mass is 10.0. The molecule has 1 unspecified atom stereocenters. The molecule has 0 amide bonds. The van der Waals surface area contributed by atoms with E-state index in [-0.39, 0.29) is 6.04 Å². The van der Waals surface area contributed by atoms with Gasteiger partial charge in [-0.05, 0) is 12.5 Å². The Balaban J connectivity index is 2.91. The Morgan fingerprint density at radius 3 is 2.92 bits per heavy atom. The zero-order valence-corrected chi connectivity index (χ0v) is 8.38. The third kappa shape index (κ3) is 2.57. The lowest BCUT2D eigenvalue weighted by molar-refractivity contribution is 0.638. The number of nitrogen functional groups attached to an aromatic ring is 1. The number of pyridine rings is 1. The molecule has 3 nitrogen and oxygen atoms in total. The quantitative estimate of drug-likeness (QED) is 0.784. The van der Waals surface area contributed by atoms with E-state index >= 15 is 0 Å². The van der Waals surface area contributed by atoms with Crippen molar-refractivity contribution in [3.63, 3.8) is 0 Å². The molecule has 1 aromatic heterocycles. The van der Waals surface area contributed by atoms with Crippen molar-refractivity contribution < 1.29 is 0 Å². The van der Waals surface area contributed by atoms with Gasteiger partial charge in [0.1, 0.15) is 5.82 Å². The predicted octanol–water partition coefficient (Wildman–Crippen LogP) is 2.12. The van der Waals surface area contributed by atoms with Crippen LogP contribution in [0.4, 0.5) is 5.82 Å². The standard InChI is InChI=1S/C9H14ClN3/c1-2-3-8(11)7-4-6(10)5-13-9(7)12/h4-5,8H,2-3,11H2,1H3,(H2,12,13). The molecule has 0 aromatic carbocycles. The highest BCUT2D eigenvalue weighted by Gasteiger charge is 2.09. The van der Waals surface area contributed by atoms with Crippen LogP contribution >= 0.6 is 11.6 Å². The maximum Gasteiger partial charge on any atom is 0.128 e. The summed E-state index contributed by atoms with van der Waals surface area (Å²) < 4.78 is 0. The minimum atomic E-state index is -0.0591. The van der Waals surface area contributed by atoms with Crippen LogP contribution in [0.3, 0.4) is 0 Å². The molecule has 0 saturated carbocycles. The van der Waals surface area contributed by atoms with E-state index in [2.05, 4.69) is 11.9 Å². The average Bonchev–Trinajstić information content (AvgIpc) is 2.09. The van der Waals surface area contributed by atoms with E-state index in [4.69, 9.17) is 23.1 Å². The summed E-state index contributed by atoms with van der Waals surface area (Å²) >= 11 is 5.79. The predicted molar refractivity (Wildman–Crippen MR) is 55.5 cm³/mol. The van der Waals surface area contributed by atoms with Gasteiger partial charge in [-0.25, -0.2) is 4.98 Å². The van der Waals surface area contributed by atoms with Crippen molar-refractivity contribution in [3.05, 3.63) is 22.8 Å². The van der Waals surface area contributed by atoms with Crippen LogP contribution in [-0.2, 0) is 0 Å². The highest BCUT2D eigenvalue weighted by Crippen LogP contribution is 2.23. The third-order valence-corrected chi connectivity index (χ3v) is 2.12. The summed E-state index contributed by atoms with van der Waals surface area (Å²) in [5, 5.41) is 0.579. The van der Waals surface area contributed by atoms with E-state index in [1.807, 2.05) is 0 Å². The summed E-state index contributed by atoms with van der Waals surface area (Å²) in [5.74, 6) is 0.477. The van der Waals surface area contributed by atoms with Crippen LogP contribution in [0.1, 0.15) is 31.4 Å². The fraction of sp³-hybridized carbons (Fsp3) is 0.444. The van der Waals surface area contributed by atoms with Crippen LogP contribution in [0, 0.1) is 0 Å². The number of halogens is 1. The molecule has 1 rings (SSSR count). The van der Waals surface area contributed by atoms with Crippen molar-refractivity contribution >= 4 is 17.4 Å². The minimum Gasteiger partial charge on any atom is -0.383 e. The molecule has 1 atom stereocenters. The molecule has 4 N–H and O–H groups in total. The molecule has 0 fully saturated rings. The summed E-state index contributed by atoms with van der Waals surface area (Å²) in [5.41, 5.74) is 12.4. The van der Waals surface area contributed by atoms with Gasteiger partial charge in [-0.3, -0.25) is 0 Å². The third-order valence-electron chi connectivity index (χ3n) is 1.92. The van der Waals surface area contributed by atoms with Gasteiger partial charge < -0.3 is 11.5 Å². The van der Waals surface area contributed by atoms with Gasteiger partial charge in [0.05, 0.1) is 5.02 Å². The van der Waals surface area contributed by atoms with E-state index in [1.165, 1.54) is 6.20 Å². The number of hydrogen-bond acceptors (Lipinski definition) is 3. The average molecular weight is 200 g/mol. The van der Waals surface area contributed by atoms with Crippen LogP contribution in [-0.4, -0.2) is 4.98 Å². The first-order chi connectivity index (χ1) is 6.15. The molecular weight excluding hydrogens is 186 g/mol. The fourth-order valence-corrected chi connectivity index (χ4v) is 1.40. The lowest BCUT2D eigenvalue weighted by Crippen LogP contribution is -2.12. The molecule has 0 bridgehead atoms. The van der Waals surface area contributed by atoms with Crippen molar-refractivity contribution in [2.75, 3.05) is 5.73 Å². The SMILES string of the molecule is CCCC(N)c1cc(Cl)cnc1N. The zero-order valence-electron chi connectivity index (χ0n) is 7.63. The summed E-state index contributed by atoms with van der Waals surface area (Å²) in [7, 11) is 0. The molecule has 4 heteroatoms. The fourth-order valence-electron chi connectivity index (χ4n) is 1.23. The van der Waals surface area contributed by atoms with Gasteiger partial charge >= 0.3 is 0 Å². The molecule has 13 heavy (non-hydrogen) atoms. The normalized spacial score (nSPS) is 12.8. The van der Waals surface area contributed by atoms with Gasteiger partial charge in [0, 0.05) is 17.8 Å². The van der Waals surface area contributed by atoms with Crippen molar-refractivity contribution in [2.45, 2.75) is 25.8 Å². The molecule has 1 heterocycles. The molecule has 0 saturated heterocycles. The van der Waals surface area contributed by atoms with Crippen LogP contribution in [0.15, 0.2) is 12.3 Å². The smallest absolute Gasteiger partial charge is 0.128 e. The van der Waals surface area contributed by atoms with Gasteiger partial charge in [0.2, 0.25) is 0 Å². The van der Waals surface area contributed by atoms with Crippen LogP contribution in [0.5, 0.6) is 0 Å². The number of anilines is 1. The number of nitrogens with zero attached hydrogens (tertiary/aromatic N) is 1. The maximum absolute atomic E-state index is 5.90. The molecule has 1 aromatic rings. The van der Waals surface area contributed by atoms with E-state index in [9.17, 15) is 0 Å². The minimum absolute atomic E-state index is 0.0591. The summed E-state index contributed by atoms with van der Waals surface area (Å²) in [6.07, 6.45) is 3.44. The molecule has 0 radical (unpaired) electrons. The van der Waals surface area contributed by atoms with Crippen molar-refractivity contribution in [3.8, 4) is 0 Å². The Morgan fingerprint density at radius 1 is 1.62 bits per heavy atom. The maximum atomic E-state index is 5.90. The molecule has 0 spiro atoms. The number of nitrogens with two attached hydrogens (primary N) is 2. The summed E-state index contributed by atoms with van der Waals surface area (Å²) in [4.78, 5) is 3.95. The Labute approximate surface area is 83.1 Å². The number of aromatic nitrogens is 1. The second-order valence-electron chi connectivity index (χ2n) is 3.02. The number of hydrogen-bond donors (Lipinski definition) is 2. The zero-order chi connectivity index (χ0) is 9.84. The molecule has 0 aliphatic heterocycles. The van der Waals surface area contributed by atoms with E-state index < -0.39 is 0 Å². The Morgan fingerprint density at radius 2 is 2.31 bits per heavy atom. The Hall–Kier alpha value is -0.800. The van der Waals surface area contributed by atoms with Crippen molar-refractivity contribution in [2.24, 2.45) is 5.73 Å². The van der Waals surface area contributed by atoms with E-state index in [0.717, 1.165) is 18.4 Å². The van der Waals surface area contributed by atoms with Gasteiger partial charge in [-0.15, -0.1) is 0 Å².